The first-order chi connectivity index (χ1) is 12.0. The van der Waals surface area contributed by atoms with Crippen molar-refractivity contribution in [3.05, 3.63) is 40.9 Å². The maximum Gasteiger partial charge on any atom is 0.406 e. The fraction of sp³-hybridized carbons (Fsp3) is 0.0714. The van der Waals surface area contributed by atoms with Crippen molar-refractivity contribution in [2.75, 3.05) is 0 Å². The van der Waals surface area contributed by atoms with Gasteiger partial charge < -0.3 is 0 Å². The van der Waals surface area contributed by atoms with Gasteiger partial charge >= 0.3 is 15.8 Å². The van der Waals surface area contributed by atoms with E-state index in [-0.39, 0.29) is 25.9 Å². The number of benzene rings is 2. The molecule has 1 heterocycles. The Hall–Kier alpha value is -2.43. The molecule has 3 rings (SSSR count). The standard InChI is InChI=1S/C14H9N3O6S3/c1-7-2-4-10-12(13(7)26(21,22)23)24-14(16-10)8-3-5-9(17-15)11(6-8)25(18,19)20/h2-6H,1H3,(H-,18,19,20,21,22,23)/p+1. The number of thiazole rings is 1. The average molecular weight is 412 g/mol. The predicted octanol–water partition coefficient (Wildman–Crippen LogP) is 3.25. The lowest BCUT2D eigenvalue weighted by Gasteiger charge is -2.02. The molecule has 0 radical (unpaired) electrons. The van der Waals surface area contributed by atoms with Gasteiger partial charge in [0.1, 0.15) is 9.90 Å². The van der Waals surface area contributed by atoms with Crippen LogP contribution >= 0.6 is 11.3 Å². The highest BCUT2D eigenvalue weighted by Gasteiger charge is 2.26. The van der Waals surface area contributed by atoms with Crippen molar-refractivity contribution >= 4 is 47.5 Å². The van der Waals surface area contributed by atoms with Gasteiger partial charge in [0.2, 0.25) is 5.39 Å². The van der Waals surface area contributed by atoms with E-state index in [9.17, 15) is 25.9 Å². The maximum atomic E-state index is 11.7. The molecule has 0 bridgehead atoms. The van der Waals surface area contributed by atoms with E-state index in [1.807, 2.05) is 0 Å². The highest BCUT2D eigenvalue weighted by molar-refractivity contribution is 7.86. The zero-order chi connectivity index (χ0) is 19.3. The van der Waals surface area contributed by atoms with Gasteiger partial charge in [0.05, 0.1) is 10.2 Å². The second-order valence-electron chi connectivity index (χ2n) is 5.31. The molecule has 0 saturated heterocycles. The molecule has 2 aromatic carbocycles. The minimum absolute atomic E-state index is 0.215. The summed E-state index contributed by atoms with van der Waals surface area (Å²) in [7, 11) is -9.14. The first-order valence-electron chi connectivity index (χ1n) is 6.87. The van der Waals surface area contributed by atoms with E-state index in [4.69, 9.17) is 5.39 Å². The third-order valence-electron chi connectivity index (χ3n) is 3.56. The molecule has 134 valence electrons. The molecule has 0 amide bonds. The molecule has 0 aliphatic rings. The highest BCUT2D eigenvalue weighted by atomic mass is 32.2. The van der Waals surface area contributed by atoms with Gasteiger partial charge in [0.25, 0.3) is 10.1 Å². The van der Waals surface area contributed by atoms with Gasteiger partial charge in [-0.1, -0.05) is 6.07 Å². The molecule has 3 aromatic rings. The van der Waals surface area contributed by atoms with Crippen LogP contribution in [0.2, 0.25) is 0 Å². The van der Waals surface area contributed by atoms with Crippen LogP contribution in [-0.2, 0) is 20.2 Å². The zero-order valence-corrected chi connectivity index (χ0v) is 15.4. The Kier molecular flexibility index (Phi) is 4.29. The van der Waals surface area contributed by atoms with E-state index >= 15 is 0 Å². The molecule has 0 saturated carbocycles. The van der Waals surface area contributed by atoms with Crippen molar-refractivity contribution < 1.29 is 25.9 Å². The van der Waals surface area contributed by atoms with Crippen molar-refractivity contribution in [2.45, 2.75) is 16.7 Å². The Morgan fingerprint density at radius 3 is 2.35 bits per heavy atom. The zero-order valence-electron chi connectivity index (χ0n) is 13.0. The van der Waals surface area contributed by atoms with Crippen molar-refractivity contribution in [2.24, 2.45) is 0 Å². The predicted molar refractivity (Wildman–Crippen MR) is 94.2 cm³/mol. The normalized spacial score (nSPS) is 12.2. The summed E-state index contributed by atoms with van der Waals surface area (Å²) in [5, 5.41) is 9.11. The summed E-state index contributed by atoms with van der Waals surface area (Å²) < 4.78 is 65.2. The average Bonchev–Trinajstić information content (AvgIpc) is 2.95. The van der Waals surface area contributed by atoms with Crippen LogP contribution in [0.4, 0.5) is 5.69 Å². The third kappa shape index (κ3) is 3.18. The molecule has 0 unspecified atom stereocenters. The Bertz CT molecular complexity index is 1300. The van der Waals surface area contributed by atoms with Crippen LogP contribution < -0.4 is 0 Å². The number of aromatic nitrogens is 1. The van der Waals surface area contributed by atoms with Gasteiger partial charge in [0.15, 0.2) is 9.87 Å². The van der Waals surface area contributed by atoms with Crippen LogP contribution in [0.5, 0.6) is 0 Å². The van der Waals surface area contributed by atoms with Gasteiger partial charge in [0, 0.05) is 11.6 Å². The molecular formula is C14H10N3O6S3+. The Morgan fingerprint density at radius 1 is 1.08 bits per heavy atom. The summed E-state index contributed by atoms with van der Waals surface area (Å²) in [6.07, 6.45) is 0. The summed E-state index contributed by atoms with van der Waals surface area (Å²) in [6, 6.07) is 6.69. The topological polar surface area (TPSA) is 150 Å². The van der Waals surface area contributed by atoms with Crippen LogP contribution in [0.1, 0.15) is 5.56 Å². The molecule has 0 atom stereocenters. The van der Waals surface area contributed by atoms with E-state index < -0.39 is 25.1 Å². The van der Waals surface area contributed by atoms with E-state index in [1.165, 1.54) is 25.1 Å². The van der Waals surface area contributed by atoms with Crippen LogP contribution in [0, 0.1) is 12.3 Å². The van der Waals surface area contributed by atoms with E-state index in [0.29, 0.717) is 11.1 Å². The van der Waals surface area contributed by atoms with Crippen molar-refractivity contribution in [1.82, 2.24) is 4.98 Å². The molecule has 0 aliphatic heterocycles. The van der Waals surface area contributed by atoms with Crippen molar-refractivity contribution in [1.29, 1.82) is 5.39 Å². The number of rotatable bonds is 3. The lowest BCUT2D eigenvalue weighted by atomic mass is 10.2. The molecule has 0 aliphatic carbocycles. The number of fused-ring (bicyclic) bond motifs is 1. The number of nitrogens with zero attached hydrogens (tertiary/aromatic N) is 3. The molecule has 0 fully saturated rings. The number of aryl methyl sites for hydroxylation is 1. The molecule has 12 heteroatoms. The summed E-state index contributed by atoms with van der Waals surface area (Å²) in [6.45, 7) is 1.52. The second-order valence-corrected chi connectivity index (χ2v) is 9.06. The van der Waals surface area contributed by atoms with Gasteiger partial charge in [-0.25, -0.2) is 4.98 Å². The van der Waals surface area contributed by atoms with E-state index in [1.54, 1.807) is 6.07 Å². The lowest BCUT2D eigenvalue weighted by Crippen LogP contribution is -2.00. The largest absolute Gasteiger partial charge is 0.406 e. The fourth-order valence-corrected chi connectivity index (χ4v) is 5.40. The van der Waals surface area contributed by atoms with Crippen molar-refractivity contribution in [3.8, 4) is 10.6 Å². The monoisotopic (exact) mass is 412 g/mol. The van der Waals surface area contributed by atoms with Crippen molar-refractivity contribution in [3.63, 3.8) is 0 Å². The summed E-state index contributed by atoms with van der Waals surface area (Å²) in [4.78, 5) is 6.16. The Labute approximate surface area is 152 Å². The quantitative estimate of drug-likeness (QED) is 0.491. The molecule has 1 aromatic heterocycles. The molecule has 26 heavy (non-hydrogen) atoms. The van der Waals surface area contributed by atoms with Gasteiger partial charge in [-0.15, -0.1) is 11.3 Å². The highest BCUT2D eigenvalue weighted by Crippen LogP contribution is 2.37. The lowest BCUT2D eigenvalue weighted by molar-refractivity contribution is 0.481. The Morgan fingerprint density at radius 2 is 1.77 bits per heavy atom. The van der Waals surface area contributed by atoms with Crippen LogP contribution in [-0.4, -0.2) is 30.9 Å². The van der Waals surface area contributed by atoms with Crippen LogP contribution in [0.15, 0.2) is 40.1 Å². The smallest absolute Gasteiger partial charge is 0.282 e. The van der Waals surface area contributed by atoms with Gasteiger partial charge in [-0.2, -0.15) is 16.8 Å². The molecule has 2 N–H and O–H groups in total. The fourth-order valence-electron chi connectivity index (χ4n) is 2.45. The van der Waals surface area contributed by atoms with E-state index in [0.717, 1.165) is 17.4 Å². The minimum Gasteiger partial charge on any atom is -0.282 e. The van der Waals surface area contributed by atoms with Gasteiger partial charge in [-0.3, -0.25) is 9.11 Å². The molecular weight excluding hydrogens is 402 g/mol. The molecule has 0 spiro atoms. The first-order valence-corrected chi connectivity index (χ1v) is 10.6. The van der Waals surface area contributed by atoms with Crippen LogP contribution in [0.3, 0.4) is 0 Å². The summed E-state index contributed by atoms with van der Waals surface area (Å²) in [5.74, 6) is 0. The number of hydrogen-bond donors (Lipinski definition) is 2. The summed E-state index contributed by atoms with van der Waals surface area (Å²) in [5.41, 5.74) is 0.535. The maximum absolute atomic E-state index is 11.7. The SMILES string of the molecule is Cc1ccc2nc(-c3ccc([N+]#N)c(S(=O)(=O)O)c3)sc2c1S(=O)(=O)O. The third-order valence-corrected chi connectivity index (χ3v) is 6.75. The summed E-state index contributed by atoms with van der Waals surface area (Å²) >= 11 is 0.931. The van der Waals surface area contributed by atoms with Gasteiger partial charge in [-0.05, 0) is 30.7 Å². The number of hydrogen-bond acceptors (Lipinski definition) is 7. The van der Waals surface area contributed by atoms with Crippen LogP contribution in [0.25, 0.3) is 25.8 Å². The Balaban J connectivity index is 2.30. The van der Waals surface area contributed by atoms with E-state index in [2.05, 4.69) is 9.96 Å². The second kappa shape index (κ2) is 6.08. The minimum atomic E-state index is -4.66. The molecule has 9 nitrogen and oxygen atoms in total. The number of diazo groups is 1. The first kappa shape index (κ1) is 18.4.